The molecule has 0 saturated carbocycles. The fraction of sp³-hybridized carbons (Fsp3) is 0.519. The summed E-state index contributed by atoms with van der Waals surface area (Å²) in [6, 6.07) is 13.8. The minimum absolute atomic E-state index is 0.413. The number of fused-ring (bicyclic) bond motifs is 1. The summed E-state index contributed by atoms with van der Waals surface area (Å²) in [4.78, 5) is 4.81. The minimum Gasteiger partial charge on any atom is -0.491 e. The summed E-state index contributed by atoms with van der Waals surface area (Å²) in [5.41, 5.74) is 1.84. The third-order valence-electron chi connectivity index (χ3n) is 5.06. The number of nitrogens with zero attached hydrogens (tertiary/aromatic N) is 1. The summed E-state index contributed by atoms with van der Waals surface area (Å²) >= 11 is 1.62. The number of aromatic nitrogens is 1. The highest BCUT2D eigenvalue weighted by Crippen LogP contribution is 2.38. The Morgan fingerprint density at radius 1 is 0.622 bits per heavy atom. The van der Waals surface area contributed by atoms with Gasteiger partial charge in [-0.15, -0.1) is 11.3 Å². The van der Waals surface area contributed by atoms with E-state index in [1.807, 2.05) is 36.4 Å². The lowest BCUT2D eigenvalue weighted by atomic mass is 10.2. The van der Waals surface area contributed by atoms with Crippen LogP contribution in [0.2, 0.25) is 0 Å². The molecule has 37 heavy (non-hydrogen) atoms. The van der Waals surface area contributed by atoms with Gasteiger partial charge in [0.1, 0.15) is 29.7 Å². The molecule has 1 aromatic heterocycles. The topological polar surface area (TPSA) is 86.7 Å². The van der Waals surface area contributed by atoms with Gasteiger partial charge in [0.05, 0.1) is 81.8 Å². The molecule has 0 fully saturated rings. The minimum atomic E-state index is 0.413. The zero-order chi connectivity index (χ0) is 26.0. The molecular weight excluding hydrogens is 498 g/mol. The maximum atomic E-state index is 6.06. The molecule has 0 unspecified atom stereocenters. The quantitative estimate of drug-likeness (QED) is 0.187. The number of para-hydroxylation sites is 1. The van der Waals surface area contributed by atoms with Crippen LogP contribution in [0.3, 0.4) is 0 Å². The van der Waals surface area contributed by atoms with Gasteiger partial charge in [-0.1, -0.05) is 12.1 Å². The Morgan fingerprint density at radius 3 is 1.81 bits per heavy atom. The van der Waals surface area contributed by atoms with Crippen molar-refractivity contribution in [2.45, 2.75) is 0 Å². The highest BCUT2D eigenvalue weighted by atomic mass is 32.1. The predicted octanol–water partition coefficient (Wildman–Crippen LogP) is 4.08. The summed E-state index contributed by atoms with van der Waals surface area (Å²) in [6.07, 6.45) is 0. The molecule has 3 rings (SSSR count). The molecule has 0 saturated heterocycles. The van der Waals surface area contributed by atoms with E-state index in [0.29, 0.717) is 79.3 Å². The molecule has 0 amide bonds. The van der Waals surface area contributed by atoms with E-state index in [-0.39, 0.29) is 0 Å². The zero-order valence-corrected chi connectivity index (χ0v) is 22.5. The van der Waals surface area contributed by atoms with E-state index in [4.69, 9.17) is 42.9 Å². The average molecular weight is 536 g/mol. The van der Waals surface area contributed by atoms with Crippen LogP contribution in [-0.4, -0.2) is 98.5 Å². The molecule has 3 aromatic rings. The first-order valence-corrected chi connectivity index (χ1v) is 13.2. The Bertz CT molecular complexity index is 982. The second-order valence-corrected chi connectivity index (χ2v) is 8.81. The van der Waals surface area contributed by atoms with E-state index in [1.54, 1.807) is 25.6 Å². The molecule has 9 nitrogen and oxygen atoms in total. The van der Waals surface area contributed by atoms with Gasteiger partial charge in [-0.05, 0) is 30.3 Å². The Balaban J connectivity index is 1.51. The Kier molecular flexibility index (Phi) is 14.3. The third kappa shape index (κ3) is 10.9. The zero-order valence-electron chi connectivity index (χ0n) is 21.6. The number of hydrogen-bond donors (Lipinski definition) is 0. The fourth-order valence-electron chi connectivity index (χ4n) is 3.24. The van der Waals surface area contributed by atoms with Gasteiger partial charge in [0.25, 0.3) is 0 Å². The van der Waals surface area contributed by atoms with Crippen LogP contribution in [0, 0.1) is 0 Å². The van der Waals surface area contributed by atoms with Crippen molar-refractivity contribution in [1.29, 1.82) is 0 Å². The lowest BCUT2D eigenvalue weighted by Crippen LogP contribution is -2.13. The van der Waals surface area contributed by atoms with Crippen molar-refractivity contribution in [2.75, 3.05) is 93.5 Å². The lowest BCUT2D eigenvalue weighted by Gasteiger charge is -2.13. The van der Waals surface area contributed by atoms with Crippen LogP contribution in [0.4, 0.5) is 0 Å². The van der Waals surface area contributed by atoms with Gasteiger partial charge in [0.2, 0.25) is 0 Å². The first kappa shape index (κ1) is 29.2. The van der Waals surface area contributed by atoms with Crippen molar-refractivity contribution in [3.8, 4) is 22.1 Å². The molecule has 204 valence electrons. The van der Waals surface area contributed by atoms with Crippen LogP contribution >= 0.6 is 11.3 Å². The molecule has 0 atom stereocenters. The molecule has 0 N–H and O–H groups in total. The summed E-state index contributed by atoms with van der Waals surface area (Å²) in [5.74, 6) is 1.46. The fourth-order valence-corrected chi connectivity index (χ4v) is 4.22. The number of methoxy groups -OCH3 is 2. The highest BCUT2D eigenvalue weighted by molar-refractivity contribution is 7.21. The predicted molar refractivity (Wildman–Crippen MR) is 143 cm³/mol. The van der Waals surface area contributed by atoms with Crippen LogP contribution in [0.25, 0.3) is 20.8 Å². The van der Waals surface area contributed by atoms with E-state index in [1.165, 1.54) is 0 Å². The molecule has 0 bridgehead atoms. The summed E-state index contributed by atoms with van der Waals surface area (Å²) in [7, 11) is 3.30. The summed E-state index contributed by atoms with van der Waals surface area (Å²) in [5, 5.41) is 0.874. The SMILES string of the molecule is COCCOCCOCCOc1ccc(OCCOCCOCCOC)c(-c2nc3ccccc3s2)c1. The first-order valence-electron chi connectivity index (χ1n) is 12.4. The number of thiazole rings is 1. The number of rotatable bonds is 21. The molecule has 10 heteroatoms. The maximum Gasteiger partial charge on any atom is 0.129 e. The largest absolute Gasteiger partial charge is 0.491 e. The van der Waals surface area contributed by atoms with Crippen LogP contribution in [0.15, 0.2) is 42.5 Å². The Morgan fingerprint density at radius 2 is 1.19 bits per heavy atom. The van der Waals surface area contributed by atoms with Crippen LogP contribution in [0.5, 0.6) is 11.5 Å². The molecule has 0 aliphatic heterocycles. The van der Waals surface area contributed by atoms with Gasteiger partial charge in [-0.25, -0.2) is 4.98 Å². The second-order valence-electron chi connectivity index (χ2n) is 7.78. The van der Waals surface area contributed by atoms with E-state index >= 15 is 0 Å². The molecular formula is C27H37NO8S. The molecule has 2 aromatic carbocycles. The van der Waals surface area contributed by atoms with Gasteiger partial charge in [-0.3, -0.25) is 0 Å². The smallest absolute Gasteiger partial charge is 0.129 e. The van der Waals surface area contributed by atoms with Gasteiger partial charge in [-0.2, -0.15) is 0 Å². The van der Waals surface area contributed by atoms with Crippen molar-refractivity contribution in [2.24, 2.45) is 0 Å². The third-order valence-corrected chi connectivity index (χ3v) is 6.13. The molecule has 0 radical (unpaired) electrons. The van der Waals surface area contributed by atoms with Crippen molar-refractivity contribution in [3.63, 3.8) is 0 Å². The maximum absolute atomic E-state index is 6.06. The molecule has 0 spiro atoms. The van der Waals surface area contributed by atoms with Gasteiger partial charge in [0.15, 0.2) is 0 Å². The molecule has 0 aliphatic rings. The molecule has 1 heterocycles. The lowest BCUT2D eigenvalue weighted by molar-refractivity contribution is 0.0177. The van der Waals surface area contributed by atoms with E-state index in [0.717, 1.165) is 32.3 Å². The normalized spacial score (nSPS) is 11.3. The van der Waals surface area contributed by atoms with Crippen molar-refractivity contribution >= 4 is 21.6 Å². The van der Waals surface area contributed by atoms with Gasteiger partial charge >= 0.3 is 0 Å². The van der Waals surface area contributed by atoms with Crippen LogP contribution in [-0.2, 0) is 28.4 Å². The van der Waals surface area contributed by atoms with Crippen molar-refractivity contribution in [1.82, 2.24) is 4.98 Å². The highest BCUT2D eigenvalue weighted by Gasteiger charge is 2.14. The van der Waals surface area contributed by atoms with Crippen LogP contribution < -0.4 is 9.47 Å². The monoisotopic (exact) mass is 535 g/mol. The Labute approximate surface area is 222 Å². The van der Waals surface area contributed by atoms with Gasteiger partial charge < -0.3 is 37.9 Å². The van der Waals surface area contributed by atoms with E-state index < -0.39 is 0 Å². The summed E-state index contributed by atoms with van der Waals surface area (Å²) in [6.45, 7) is 6.12. The standard InChI is InChI=1S/C27H37NO8S/c1-29-9-11-31-13-15-33-17-19-35-22-7-8-25(36-20-18-34-16-14-32-12-10-30-2)23(21-22)27-28-24-5-3-4-6-26(24)37-27/h3-8,21H,9-20H2,1-2H3. The van der Waals surface area contributed by atoms with Gasteiger partial charge in [0, 0.05) is 14.2 Å². The second kappa shape index (κ2) is 18.0. The molecule has 0 aliphatic carbocycles. The summed E-state index contributed by atoms with van der Waals surface area (Å²) < 4.78 is 45.0. The number of hydrogen-bond acceptors (Lipinski definition) is 10. The average Bonchev–Trinajstić information content (AvgIpc) is 3.36. The number of ether oxygens (including phenoxy) is 8. The number of benzene rings is 2. The van der Waals surface area contributed by atoms with Crippen molar-refractivity contribution < 1.29 is 37.9 Å². The van der Waals surface area contributed by atoms with E-state index in [9.17, 15) is 0 Å². The first-order chi connectivity index (χ1) is 18.3. The van der Waals surface area contributed by atoms with Crippen molar-refractivity contribution in [3.05, 3.63) is 42.5 Å². The van der Waals surface area contributed by atoms with Crippen LogP contribution in [0.1, 0.15) is 0 Å². The Hall–Kier alpha value is -2.31. The van der Waals surface area contributed by atoms with E-state index in [2.05, 4.69) is 6.07 Å².